The molecular weight excluding hydrogens is 319 g/mol. The molecule has 0 spiro atoms. The summed E-state index contributed by atoms with van der Waals surface area (Å²) in [6.45, 7) is 0.105. The first-order valence-electron chi connectivity index (χ1n) is 7.54. The van der Waals surface area contributed by atoms with Gasteiger partial charge in [0.15, 0.2) is 0 Å². The predicted octanol–water partition coefficient (Wildman–Crippen LogP) is 1.13. The molecule has 1 saturated heterocycles. The molecule has 7 nitrogen and oxygen atoms in total. The Kier molecular flexibility index (Phi) is 5.86. The number of hydrogen-bond donors (Lipinski definition) is 1. The molecular formula is C16H19FN2O5. The molecule has 8 heteroatoms. The molecule has 1 N–H and O–H groups in total. The van der Waals surface area contributed by atoms with Crippen molar-refractivity contribution in [3.63, 3.8) is 0 Å². The number of benzene rings is 1. The SMILES string of the molecule is COCCN(CC(=O)O)C(=O)c1cc(N2CCCC2=O)ccc1F. The van der Waals surface area contributed by atoms with E-state index in [2.05, 4.69) is 0 Å². The topological polar surface area (TPSA) is 87.2 Å². The van der Waals surface area contributed by atoms with Crippen molar-refractivity contribution in [3.8, 4) is 0 Å². The first kappa shape index (κ1) is 17.9. The number of amides is 2. The van der Waals surface area contributed by atoms with Crippen LogP contribution in [0.15, 0.2) is 18.2 Å². The Balaban J connectivity index is 2.28. The maximum absolute atomic E-state index is 14.1. The monoisotopic (exact) mass is 338 g/mol. The smallest absolute Gasteiger partial charge is 0.323 e. The van der Waals surface area contributed by atoms with Crippen LogP contribution < -0.4 is 4.90 Å². The largest absolute Gasteiger partial charge is 0.480 e. The summed E-state index contributed by atoms with van der Waals surface area (Å²) in [4.78, 5) is 37.7. The number of nitrogens with zero attached hydrogens (tertiary/aromatic N) is 2. The van der Waals surface area contributed by atoms with Gasteiger partial charge < -0.3 is 19.6 Å². The number of ether oxygens (including phenoxy) is 1. The third-order valence-corrected chi connectivity index (χ3v) is 3.74. The van der Waals surface area contributed by atoms with Gasteiger partial charge in [-0.1, -0.05) is 0 Å². The Morgan fingerprint density at radius 3 is 2.75 bits per heavy atom. The minimum atomic E-state index is -1.20. The first-order valence-corrected chi connectivity index (χ1v) is 7.54. The van der Waals surface area contributed by atoms with Crippen LogP contribution in [0.5, 0.6) is 0 Å². The van der Waals surface area contributed by atoms with Gasteiger partial charge in [-0.3, -0.25) is 14.4 Å². The molecule has 1 heterocycles. The minimum absolute atomic E-state index is 0.0218. The van der Waals surface area contributed by atoms with E-state index in [1.54, 1.807) is 0 Å². The van der Waals surface area contributed by atoms with Gasteiger partial charge in [0.2, 0.25) is 5.91 Å². The zero-order chi connectivity index (χ0) is 17.7. The van der Waals surface area contributed by atoms with E-state index in [-0.39, 0.29) is 24.6 Å². The molecule has 2 amide bonds. The van der Waals surface area contributed by atoms with Gasteiger partial charge in [-0.25, -0.2) is 4.39 Å². The molecule has 24 heavy (non-hydrogen) atoms. The average Bonchev–Trinajstić information content (AvgIpc) is 2.97. The lowest BCUT2D eigenvalue weighted by molar-refractivity contribution is -0.137. The van der Waals surface area contributed by atoms with Crippen LogP contribution in [-0.2, 0) is 14.3 Å². The molecule has 130 valence electrons. The molecule has 0 radical (unpaired) electrons. The molecule has 1 aliphatic rings. The Bertz CT molecular complexity index is 649. The molecule has 0 atom stereocenters. The second kappa shape index (κ2) is 7.87. The van der Waals surface area contributed by atoms with E-state index in [0.717, 1.165) is 11.0 Å². The summed E-state index contributed by atoms with van der Waals surface area (Å²) < 4.78 is 19.0. The Morgan fingerprint density at radius 1 is 1.42 bits per heavy atom. The van der Waals surface area contributed by atoms with Crippen LogP contribution in [0, 0.1) is 5.82 Å². The highest BCUT2D eigenvalue weighted by Crippen LogP contribution is 2.24. The third-order valence-electron chi connectivity index (χ3n) is 3.74. The van der Waals surface area contributed by atoms with Crippen LogP contribution in [0.2, 0.25) is 0 Å². The van der Waals surface area contributed by atoms with Crippen LogP contribution in [-0.4, -0.2) is 61.1 Å². The summed E-state index contributed by atoms with van der Waals surface area (Å²) in [5.74, 6) is -2.80. The normalized spacial score (nSPS) is 14.1. The number of carboxylic acids is 1. The lowest BCUT2D eigenvalue weighted by atomic mass is 10.1. The maximum atomic E-state index is 14.1. The van der Waals surface area contributed by atoms with Crippen molar-refractivity contribution in [3.05, 3.63) is 29.6 Å². The highest BCUT2D eigenvalue weighted by atomic mass is 19.1. The van der Waals surface area contributed by atoms with E-state index in [1.807, 2.05) is 0 Å². The van der Waals surface area contributed by atoms with Crippen LogP contribution in [0.4, 0.5) is 10.1 Å². The minimum Gasteiger partial charge on any atom is -0.480 e. The number of carbonyl (C=O) groups is 3. The van der Waals surface area contributed by atoms with Crippen molar-refractivity contribution in [1.82, 2.24) is 4.90 Å². The Morgan fingerprint density at radius 2 is 2.17 bits per heavy atom. The summed E-state index contributed by atoms with van der Waals surface area (Å²) in [5, 5.41) is 8.93. The van der Waals surface area contributed by atoms with Gasteiger partial charge in [0.25, 0.3) is 5.91 Å². The fourth-order valence-corrected chi connectivity index (χ4v) is 2.55. The summed E-state index contributed by atoms with van der Waals surface area (Å²) in [6, 6.07) is 3.85. The molecule has 1 fully saturated rings. The number of carbonyl (C=O) groups excluding carboxylic acids is 2. The second-order valence-electron chi connectivity index (χ2n) is 5.43. The van der Waals surface area contributed by atoms with Gasteiger partial charge in [0.1, 0.15) is 12.4 Å². The first-order chi connectivity index (χ1) is 11.4. The highest BCUT2D eigenvalue weighted by Gasteiger charge is 2.26. The number of halogens is 1. The Hall–Kier alpha value is -2.48. The maximum Gasteiger partial charge on any atom is 0.323 e. The number of carboxylic acid groups (broad SMARTS) is 1. The molecule has 0 unspecified atom stereocenters. The van der Waals surface area contributed by atoms with E-state index >= 15 is 0 Å². The summed E-state index contributed by atoms with van der Waals surface area (Å²) in [7, 11) is 1.42. The zero-order valence-electron chi connectivity index (χ0n) is 13.3. The van der Waals surface area contributed by atoms with E-state index < -0.39 is 24.2 Å². The molecule has 0 aliphatic carbocycles. The van der Waals surface area contributed by atoms with Crippen LogP contribution in [0.25, 0.3) is 0 Å². The summed E-state index contributed by atoms with van der Waals surface area (Å²) >= 11 is 0. The van der Waals surface area contributed by atoms with E-state index in [9.17, 15) is 18.8 Å². The molecule has 0 bridgehead atoms. The number of rotatable bonds is 7. The number of hydrogen-bond acceptors (Lipinski definition) is 4. The Labute approximate surface area is 138 Å². The van der Waals surface area contributed by atoms with Gasteiger partial charge in [0, 0.05) is 32.3 Å². The molecule has 1 aliphatic heterocycles. The van der Waals surface area contributed by atoms with Crippen molar-refractivity contribution >= 4 is 23.5 Å². The van der Waals surface area contributed by atoms with Crippen molar-refractivity contribution in [1.29, 1.82) is 0 Å². The average molecular weight is 338 g/mol. The van der Waals surface area contributed by atoms with Gasteiger partial charge in [-0.15, -0.1) is 0 Å². The molecule has 0 aromatic heterocycles. The standard InChI is InChI=1S/C16H19FN2O5/c1-24-8-7-18(10-15(21)22)16(23)12-9-11(4-5-13(12)17)19-6-2-3-14(19)20/h4-5,9H,2-3,6-8,10H2,1H3,(H,21,22). The molecule has 1 aromatic carbocycles. The van der Waals surface area contributed by atoms with Gasteiger partial charge in [-0.05, 0) is 24.6 Å². The van der Waals surface area contributed by atoms with E-state index in [4.69, 9.17) is 9.84 Å². The van der Waals surface area contributed by atoms with Crippen molar-refractivity contribution < 1.29 is 28.6 Å². The van der Waals surface area contributed by atoms with Crippen LogP contribution in [0.3, 0.4) is 0 Å². The summed E-state index contributed by atoms with van der Waals surface area (Å²) in [6.07, 6.45) is 1.12. The fraction of sp³-hybridized carbons (Fsp3) is 0.438. The van der Waals surface area contributed by atoms with Gasteiger partial charge in [0.05, 0.1) is 12.2 Å². The zero-order valence-corrected chi connectivity index (χ0v) is 13.3. The number of methoxy groups -OCH3 is 1. The molecule has 1 aromatic rings. The third kappa shape index (κ3) is 4.08. The number of anilines is 1. The molecule has 2 rings (SSSR count). The van der Waals surface area contributed by atoms with Crippen molar-refractivity contribution in [2.45, 2.75) is 12.8 Å². The highest BCUT2D eigenvalue weighted by molar-refractivity contribution is 6.00. The predicted molar refractivity (Wildman–Crippen MR) is 83.4 cm³/mol. The summed E-state index contributed by atoms with van der Waals surface area (Å²) in [5.41, 5.74) is 0.175. The lowest BCUT2D eigenvalue weighted by Gasteiger charge is -2.22. The van der Waals surface area contributed by atoms with Gasteiger partial charge >= 0.3 is 5.97 Å². The van der Waals surface area contributed by atoms with Gasteiger partial charge in [-0.2, -0.15) is 0 Å². The quantitative estimate of drug-likeness (QED) is 0.805. The van der Waals surface area contributed by atoms with E-state index in [0.29, 0.717) is 25.1 Å². The fourth-order valence-electron chi connectivity index (χ4n) is 2.55. The van der Waals surface area contributed by atoms with Crippen molar-refractivity contribution in [2.75, 3.05) is 38.3 Å². The van der Waals surface area contributed by atoms with Crippen LogP contribution >= 0.6 is 0 Å². The number of aliphatic carboxylic acids is 1. The van der Waals surface area contributed by atoms with Crippen molar-refractivity contribution in [2.24, 2.45) is 0 Å². The lowest BCUT2D eigenvalue weighted by Crippen LogP contribution is -2.38. The van der Waals surface area contributed by atoms with Crippen LogP contribution in [0.1, 0.15) is 23.2 Å². The second-order valence-corrected chi connectivity index (χ2v) is 5.43. The van der Waals surface area contributed by atoms with E-state index in [1.165, 1.54) is 24.1 Å². The molecule has 0 saturated carbocycles.